The Hall–Kier alpha value is -2.37. The third kappa shape index (κ3) is 4.42. The predicted octanol–water partition coefficient (Wildman–Crippen LogP) is 1.34. The van der Waals surface area contributed by atoms with Gasteiger partial charge in [0, 0.05) is 17.7 Å². The van der Waals surface area contributed by atoms with Crippen LogP contribution in [-0.4, -0.2) is 22.8 Å². The lowest BCUT2D eigenvalue weighted by molar-refractivity contribution is -0.138. The summed E-state index contributed by atoms with van der Waals surface area (Å²) < 4.78 is 0. The van der Waals surface area contributed by atoms with Crippen molar-refractivity contribution in [3.8, 4) is 0 Å². The van der Waals surface area contributed by atoms with E-state index in [0.717, 1.165) is 5.56 Å². The number of nitrogens with one attached hydrogen (secondary N) is 2. The van der Waals surface area contributed by atoms with Crippen LogP contribution in [0.4, 0.5) is 5.69 Å². The summed E-state index contributed by atoms with van der Waals surface area (Å²) in [5.41, 5.74) is 7.48. The lowest BCUT2D eigenvalue weighted by Gasteiger charge is -2.11. The predicted molar refractivity (Wildman–Crippen MR) is 72.3 cm³/mol. The van der Waals surface area contributed by atoms with E-state index in [-0.39, 0.29) is 24.6 Å². The van der Waals surface area contributed by atoms with E-state index in [0.29, 0.717) is 17.7 Å². The Morgan fingerprint density at radius 3 is 2.58 bits per heavy atom. The van der Waals surface area contributed by atoms with Crippen molar-refractivity contribution in [1.29, 1.82) is 5.41 Å². The number of carboxylic acid groups (broad SMARTS) is 1. The van der Waals surface area contributed by atoms with Crippen LogP contribution in [0, 0.1) is 5.41 Å². The number of anilines is 1. The first-order valence-electron chi connectivity index (χ1n) is 5.93. The Kier molecular flexibility index (Phi) is 5.05. The van der Waals surface area contributed by atoms with Gasteiger partial charge >= 0.3 is 5.97 Å². The molecule has 1 amide bonds. The van der Waals surface area contributed by atoms with Crippen molar-refractivity contribution < 1.29 is 14.7 Å². The number of aryl methyl sites for hydroxylation is 1. The molecule has 0 spiro atoms. The van der Waals surface area contributed by atoms with Gasteiger partial charge in [-0.1, -0.05) is 6.92 Å². The number of rotatable bonds is 6. The fraction of sp³-hybridized carbons (Fsp3) is 0.308. The highest BCUT2D eigenvalue weighted by molar-refractivity contribution is 5.97. The molecule has 6 heteroatoms. The van der Waals surface area contributed by atoms with Gasteiger partial charge in [0.15, 0.2) is 0 Å². The summed E-state index contributed by atoms with van der Waals surface area (Å²) in [6.07, 6.45) is 0.418. The fourth-order valence-electron chi connectivity index (χ4n) is 1.61. The summed E-state index contributed by atoms with van der Waals surface area (Å²) in [5.74, 6) is -1.37. The van der Waals surface area contributed by atoms with Crippen molar-refractivity contribution >= 4 is 23.4 Å². The highest BCUT2D eigenvalue weighted by Crippen LogP contribution is 2.18. The lowest BCUT2D eigenvalue weighted by atomic mass is 10.1. The molecule has 0 aliphatic heterocycles. The standard InChI is InChI=1S/C13H17N3O3/c1-2-8-7-9(13(14)15)3-4-10(8)16-11(17)5-6-12(18)19/h3-4,7H,2,5-6H2,1H3,(H3,14,15)(H,16,17)(H,18,19). The molecule has 0 fully saturated rings. The van der Waals surface area contributed by atoms with Gasteiger partial charge in [0.2, 0.25) is 5.91 Å². The van der Waals surface area contributed by atoms with Crippen LogP contribution in [-0.2, 0) is 16.0 Å². The Morgan fingerprint density at radius 1 is 1.37 bits per heavy atom. The first kappa shape index (κ1) is 14.7. The van der Waals surface area contributed by atoms with E-state index in [1.54, 1.807) is 18.2 Å². The van der Waals surface area contributed by atoms with Gasteiger partial charge in [-0.25, -0.2) is 0 Å². The molecule has 6 nitrogen and oxygen atoms in total. The molecular formula is C13H17N3O3. The van der Waals surface area contributed by atoms with Crippen LogP contribution < -0.4 is 11.1 Å². The molecule has 5 N–H and O–H groups in total. The van der Waals surface area contributed by atoms with Gasteiger partial charge in [-0.05, 0) is 30.2 Å². The number of hydrogen-bond donors (Lipinski definition) is 4. The second-order valence-corrected chi connectivity index (χ2v) is 4.08. The molecular weight excluding hydrogens is 246 g/mol. The quantitative estimate of drug-likeness (QED) is 0.457. The molecule has 0 saturated heterocycles. The van der Waals surface area contributed by atoms with E-state index >= 15 is 0 Å². The molecule has 1 aromatic rings. The number of carboxylic acids is 1. The molecule has 0 heterocycles. The Balaban J connectivity index is 2.80. The van der Waals surface area contributed by atoms with E-state index < -0.39 is 5.97 Å². The maximum absolute atomic E-state index is 11.6. The second kappa shape index (κ2) is 6.53. The summed E-state index contributed by atoms with van der Waals surface area (Å²) >= 11 is 0. The average Bonchev–Trinajstić information content (AvgIpc) is 2.36. The molecule has 1 aromatic carbocycles. The van der Waals surface area contributed by atoms with Gasteiger partial charge in [0.05, 0.1) is 6.42 Å². The lowest BCUT2D eigenvalue weighted by Crippen LogP contribution is -2.16. The van der Waals surface area contributed by atoms with Crippen molar-refractivity contribution in [3.05, 3.63) is 29.3 Å². The number of benzene rings is 1. The minimum Gasteiger partial charge on any atom is -0.481 e. The normalized spacial score (nSPS) is 9.95. The summed E-state index contributed by atoms with van der Waals surface area (Å²) in [7, 11) is 0. The number of aliphatic carboxylic acids is 1. The van der Waals surface area contributed by atoms with E-state index in [9.17, 15) is 9.59 Å². The van der Waals surface area contributed by atoms with Crippen LogP contribution in [0.2, 0.25) is 0 Å². The summed E-state index contributed by atoms with van der Waals surface area (Å²) in [5, 5.41) is 18.5. The Labute approximate surface area is 111 Å². The summed E-state index contributed by atoms with van der Waals surface area (Å²) in [6.45, 7) is 1.92. The molecule has 0 bridgehead atoms. The molecule has 0 radical (unpaired) electrons. The zero-order valence-corrected chi connectivity index (χ0v) is 10.7. The zero-order valence-electron chi connectivity index (χ0n) is 10.7. The molecule has 0 unspecified atom stereocenters. The maximum atomic E-state index is 11.6. The molecule has 19 heavy (non-hydrogen) atoms. The Bertz CT molecular complexity index is 512. The maximum Gasteiger partial charge on any atom is 0.303 e. The molecule has 0 atom stereocenters. The van der Waals surface area contributed by atoms with Crippen LogP contribution >= 0.6 is 0 Å². The zero-order chi connectivity index (χ0) is 14.4. The van der Waals surface area contributed by atoms with E-state index in [1.807, 2.05) is 6.92 Å². The topological polar surface area (TPSA) is 116 Å². The average molecular weight is 263 g/mol. The van der Waals surface area contributed by atoms with Crippen molar-refractivity contribution in [2.24, 2.45) is 5.73 Å². The molecule has 1 rings (SSSR count). The van der Waals surface area contributed by atoms with E-state index in [4.69, 9.17) is 16.2 Å². The molecule has 0 aliphatic rings. The highest BCUT2D eigenvalue weighted by Gasteiger charge is 2.09. The number of amides is 1. The number of carbonyl (C=O) groups is 2. The third-order valence-electron chi connectivity index (χ3n) is 2.64. The van der Waals surface area contributed by atoms with Gasteiger partial charge in [-0.3, -0.25) is 15.0 Å². The van der Waals surface area contributed by atoms with Crippen LogP contribution in [0.5, 0.6) is 0 Å². The minimum absolute atomic E-state index is 0.0292. The smallest absolute Gasteiger partial charge is 0.303 e. The van der Waals surface area contributed by atoms with Crippen LogP contribution in [0.25, 0.3) is 0 Å². The van der Waals surface area contributed by atoms with Crippen LogP contribution in [0.1, 0.15) is 30.9 Å². The molecule has 0 aliphatic carbocycles. The minimum atomic E-state index is -1.00. The monoisotopic (exact) mass is 263 g/mol. The van der Waals surface area contributed by atoms with Crippen molar-refractivity contribution in [2.45, 2.75) is 26.2 Å². The summed E-state index contributed by atoms with van der Waals surface area (Å²) in [4.78, 5) is 21.9. The van der Waals surface area contributed by atoms with Gasteiger partial charge in [-0.15, -0.1) is 0 Å². The van der Waals surface area contributed by atoms with Crippen LogP contribution in [0.3, 0.4) is 0 Å². The Morgan fingerprint density at radius 2 is 2.05 bits per heavy atom. The van der Waals surface area contributed by atoms with Gasteiger partial charge in [0.25, 0.3) is 0 Å². The first-order chi connectivity index (χ1) is 8.93. The van der Waals surface area contributed by atoms with Crippen molar-refractivity contribution in [1.82, 2.24) is 0 Å². The van der Waals surface area contributed by atoms with E-state index in [2.05, 4.69) is 5.32 Å². The second-order valence-electron chi connectivity index (χ2n) is 4.08. The largest absolute Gasteiger partial charge is 0.481 e. The molecule has 0 aromatic heterocycles. The van der Waals surface area contributed by atoms with Crippen molar-refractivity contribution in [2.75, 3.05) is 5.32 Å². The number of amidine groups is 1. The number of nitrogens with two attached hydrogens (primary N) is 1. The van der Waals surface area contributed by atoms with Gasteiger partial charge < -0.3 is 16.2 Å². The number of hydrogen-bond acceptors (Lipinski definition) is 3. The third-order valence-corrected chi connectivity index (χ3v) is 2.64. The first-order valence-corrected chi connectivity index (χ1v) is 5.93. The van der Waals surface area contributed by atoms with Crippen LogP contribution in [0.15, 0.2) is 18.2 Å². The molecule has 0 saturated carbocycles. The highest BCUT2D eigenvalue weighted by atomic mass is 16.4. The summed E-state index contributed by atoms with van der Waals surface area (Å²) in [6, 6.07) is 5.07. The van der Waals surface area contributed by atoms with Gasteiger partial charge in [-0.2, -0.15) is 0 Å². The van der Waals surface area contributed by atoms with Gasteiger partial charge in [0.1, 0.15) is 5.84 Å². The van der Waals surface area contributed by atoms with Crippen molar-refractivity contribution in [3.63, 3.8) is 0 Å². The SMILES string of the molecule is CCc1cc(C(=N)N)ccc1NC(=O)CCC(=O)O. The number of carbonyl (C=O) groups excluding carboxylic acids is 1. The fourth-order valence-corrected chi connectivity index (χ4v) is 1.61. The molecule has 102 valence electrons. The number of nitrogen functional groups attached to an aromatic ring is 1. The van der Waals surface area contributed by atoms with E-state index in [1.165, 1.54) is 0 Å².